The van der Waals surface area contributed by atoms with Crippen LogP contribution in [0.15, 0.2) is 0 Å². The molecule has 1 aliphatic carbocycles. The second-order valence-corrected chi connectivity index (χ2v) is 4.67. The van der Waals surface area contributed by atoms with Crippen LogP contribution in [-0.4, -0.2) is 29.2 Å². The number of rotatable bonds is 1. The van der Waals surface area contributed by atoms with E-state index in [9.17, 15) is 9.59 Å². The van der Waals surface area contributed by atoms with Gasteiger partial charge in [-0.3, -0.25) is 9.59 Å². The lowest BCUT2D eigenvalue weighted by Gasteiger charge is -2.33. The zero-order valence-electron chi connectivity index (χ0n) is 9.21. The molecule has 0 unspecified atom stereocenters. The molecule has 3 heteroatoms. The fourth-order valence-corrected chi connectivity index (χ4v) is 2.70. The van der Waals surface area contributed by atoms with E-state index < -0.39 is 0 Å². The molecule has 0 atom stereocenters. The van der Waals surface area contributed by atoms with Gasteiger partial charge >= 0.3 is 0 Å². The Bertz CT molecular complexity index is 254. The van der Waals surface area contributed by atoms with Crippen LogP contribution >= 0.6 is 0 Å². The Balaban J connectivity index is 2.00. The van der Waals surface area contributed by atoms with E-state index in [1.807, 2.05) is 4.90 Å². The van der Waals surface area contributed by atoms with Crippen LogP contribution in [-0.2, 0) is 9.59 Å². The van der Waals surface area contributed by atoms with Gasteiger partial charge in [0.05, 0.1) is 0 Å². The number of ketones is 1. The van der Waals surface area contributed by atoms with Gasteiger partial charge in [-0.05, 0) is 19.3 Å². The van der Waals surface area contributed by atoms with E-state index in [1.165, 1.54) is 25.7 Å². The lowest BCUT2D eigenvalue weighted by atomic mass is 10.0. The first-order valence-electron chi connectivity index (χ1n) is 6.13. The molecule has 1 heterocycles. The van der Waals surface area contributed by atoms with Crippen molar-refractivity contribution in [1.29, 1.82) is 0 Å². The predicted octanol–water partition coefficient (Wildman–Crippen LogP) is 1.90. The summed E-state index contributed by atoms with van der Waals surface area (Å²) in [6, 6.07) is 0.351. The van der Waals surface area contributed by atoms with E-state index >= 15 is 0 Å². The minimum absolute atomic E-state index is 0.175. The molecule has 15 heavy (non-hydrogen) atoms. The largest absolute Gasteiger partial charge is 0.333 e. The second-order valence-electron chi connectivity index (χ2n) is 4.67. The van der Waals surface area contributed by atoms with E-state index in [0.717, 1.165) is 25.8 Å². The maximum Gasteiger partial charge on any atom is 0.290 e. The summed E-state index contributed by atoms with van der Waals surface area (Å²) in [7, 11) is 0. The first-order chi connectivity index (χ1) is 7.29. The van der Waals surface area contributed by atoms with Crippen LogP contribution < -0.4 is 0 Å². The standard InChI is InChI=1S/C12H19NO2/c14-11-8-5-9-13(12(11)15)10-6-3-1-2-4-7-10/h10H,1-9H2. The van der Waals surface area contributed by atoms with Crippen molar-refractivity contribution in [2.45, 2.75) is 57.4 Å². The average molecular weight is 209 g/mol. The van der Waals surface area contributed by atoms with Crippen molar-refractivity contribution in [3.05, 3.63) is 0 Å². The molecule has 0 spiro atoms. The molecule has 0 aromatic rings. The highest BCUT2D eigenvalue weighted by molar-refractivity contribution is 6.36. The van der Waals surface area contributed by atoms with Crippen molar-refractivity contribution >= 4 is 11.7 Å². The van der Waals surface area contributed by atoms with E-state index in [0.29, 0.717) is 12.5 Å². The first kappa shape index (κ1) is 10.7. The number of carbonyl (C=O) groups excluding carboxylic acids is 2. The highest BCUT2D eigenvalue weighted by Gasteiger charge is 2.31. The van der Waals surface area contributed by atoms with Crippen molar-refractivity contribution in [2.75, 3.05) is 6.54 Å². The summed E-state index contributed by atoms with van der Waals surface area (Å²) in [5.74, 6) is -0.390. The molecule has 0 N–H and O–H groups in total. The fraction of sp³-hybridized carbons (Fsp3) is 0.833. The minimum atomic E-state index is -0.215. The van der Waals surface area contributed by atoms with Crippen LogP contribution in [0.25, 0.3) is 0 Å². The highest BCUT2D eigenvalue weighted by Crippen LogP contribution is 2.24. The van der Waals surface area contributed by atoms with Crippen molar-refractivity contribution in [3.63, 3.8) is 0 Å². The molecule has 3 nitrogen and oxygen atoms in total. The van der Waals surface area contributed by atoms with E-state index in [4.69, 9.17) is 0 Å². The van der Waals surface area contributed by atoms with Crippen LogP contribution in [0.2, 0.25) is 0 Å². The van der Waals surface area contributed by atoms with Gasteiger partial charge in [-0.25, -0.2) is 0 Å². The van der Waals surface area contributed by atoms with Gasteiger partial charge in [0.15, 0.2) is 0 Å². The molecule has 1 aliphatic heterocycles. The third kappa shape index (κ3) is 2.39. The van der Waals surface area contributed by atoms with Crippen LogP contribution in [0, 0.1) is 0 Å². The number of piperidine rings is 1. The van der Waals surface area contributed by atoms with Crippen LogP contribution in [0.5, 0.6) is 0 Å². The van der Waals surface area contributed by atoms with E-state index in [1.54, 1.807) is 0 Å². The number of carbonyl (C=O) groups is 2. The smallest absolute Gasteiger partial charge is 0.290 e. The van der Waals surface area contributed by atoms with Gasteiger partial charge in [0.25, 0.3) is 5.91 Å². The topological polar surface area (TPSA) is 37.4 Å². The maximum absolute atomic E-state index is 11.7. The lowest BCUT2D eigenvalue weighted by Crippen LogP contribution is -2.47. The Kier molecular flexibility index (Phi) is 3.39. The Morgan fingerprint density at radius 1 is 0.933 bits per heavy atom. The molecule has 0 aromatic carbocycles. The number of amides is 1. The minimum Gasteiger partial charge on any atom is -0.333 e. The quantitative estimate of drug-likeness (QED) is 0.488. The molecule has 2 fully saturated rings. The SMILES string of the molecule is O=C1CCCN(C2CCCCCC2)C1=O. The van der Waals surface area contributed by atoms with Crippen molar-refractivity contribution in [3.8, 4) is 0 Å². The van der Waals surface area contributed by atoms with Gasteiger partial charge < -0.3 is 4.90 Å². The van der Waals surface area contributed by atoms with Crippen molar-refractivity contribution in [2.24, 2.45) is 0 Å². The van der Waals surface area contributed by atoms with E-state index in [-0.39, 0.29) is 11.7 Å². The average Bonchev–Trinajstić information content (AvgIpc) is 2.50. The third-order valence-corrected chi connectivity index (χ3v) is 3.57. The Morgan fingerprint density at radius 2 is 1.60 bits per heavy atom. The molecule has 0 radical (unpaired) electrons. The summed E-state index contributed by atoms with van der Waals surface area (Å²) in [4.78, 5) is 24.9. The number of likely N-dealkylation sites (tertiary alicyclic amines) is 1. The number of hydrogen-bond acceptors (Lipinski definition) is 2. The predicted molar refractivity (Wildman–Crippen MR) is 57.4 cm³/mol. The highest BCUT2D eigenvalue weighted by atomic mass is 16.2. The molecule has 1 amide bonds. The summed E-state index contributed by atoms with van der Waals surface area (Å²) in [6.07, 6.45) is 8.51. The van der Waals surface area contributed by atoms with Gasteiger partial charge in [-0.1, -0.05) is 25.7 Å². The van der Waals surface area contributed by atoms with Gasteiger partial charge in [0.1, 0.15) is 0 Å². The second kappa shape index (κ2) is 4.77. The summed E-state index contributed by atoms with van der Waals surface area (Å²) in [5, 5.41) is 0. The van der Waals surface area contributed by atoms with Gasteiger partial charge in [-0.15, -0.1) is 0 Å². The van der Waals surface area contributed by atoms with Crippen molar-refractivity contribution in [1.82, 2.24) is 4.90 Å². The number of hydrogen-bond donors (Lipinski definition) is 0. The number of nitrogens with zero attached hydrogens (tertiary/aromatic N) is 1. The monoisotopic (exact) mass is 209 g/mol. The fourth-order valence-electron chi connectivity index (χ4n) is 2.70. The van der Waals surface area contributed by atoms with Crippen LogP contribution in [0.1, 0.15) is 51.4 Å². The Labute approximate surface area is 90.8 Å². The molecule has 2 rings (SSSR count). The Hall–Kier alpha value is -0.860. The molecule has 2 aliphatic rings. The third-order valence-electron chi connectivity index (χ3n) is 3.57. The summed E-state index contributed by atoms with van der Waals surface area (Å²) in [6.45, 7) is 0.801. The van der Waals surface area contributed by atoms with Gasteiger partial charge in [0.2, 0.25) is 5.78 Å². The van der Waals surface area contributed by atoms with Gasteiger partial charge in [0, 0.05) is 19.0 Å². The van der Waals surface area contributed by atoms with Crippen LogP contribution in [0.3, 0.4) is 0 Å². The molecular weight excluding hydrogens is 190 g/mol. The summed E-state index contributed by atoms with van der Waals surface area (Å²) >= 11 is 0. The zero-order chi connectivity index (χ0) is 10.7. The number of Topliss-reactive ketones (excluding diaryl/α,β-unsaturated/α-hetero) is 1. The molecule has 1 saturated carbocycles. The summed E-state index contributed by atoms with van der Waals surface area (Å²) in [5.41, 5.74) is 0. The zero-order valence-corrected chi connectivity index (χ0v) is 9.21. The maximum atomic E-state index is 11.7. The van der Waals surface area contributed by atoms with E-state index in [2.05, 4.69) is 0 Å². The van der Waals surface area contributed by atoms with Gasteiger partial charge in [-0.2, -0.15) is 0 Å². The summed E-state index contributed by atoms with van der Waals surface area (Å²) < 4.78 is 0. The van der Waals surface area contributed by atoms with Crippen LogP contribution in [0.4, 0.5) is 0 Å². The molecule has 1 saturated heterocycles. The molecule has 0 bridgehead atoms. The van der Waals surface area contributed by atoms with Crippen molar-refractivity contribution < 1.29 is 9.59 Å². The normalized spacial score (nSPS) is 25.5. The molecule has 0 aromatic heterocycles. The Morgan fingerprint density at radius 3 is 2.27 bits per heavy atom. The first-order valence-corrected chi connectivity index (χ1v) is 6.13. The lowest BCUT2D eigenvalue weighted by molar-refractivity contribution is -0.149. The molecule has 84 valence electrons. The molecular formula is C12H19NO2.